The van der Waals surface area contributed by atoms with E-state index < -0.39 is 11.6 Å². The molecule has 2 rings (SSSR count). The number of benzene rings is 1. The van der Waals surface area contributed by atoms with Crippen LogP contribution in [0.4, 0.5) is 8.78 Å². The summed E-state index contributed by atoms with van der Waals surface area (Å²) >= 11 is 0. The third-order valence-corrected chi connectivity index (χ3v) is 4.25. The molecule has 1 aliphatic rings. The van der Waals surface area contributed by atoms with Crippen LogP contribution in [0.1, 0.15) is 51.0 Å². The average molecular weight is 281 g/mol. The van der Waals surface area contributed by atoms with Crippen LogP contribution in [0.2, 0.25) is 0 Å². The van der Waals surface area contributed by atoms with Crippen LogP contribution >= 0.6 is 0 Å². The van der Waals surface area contributed by atoms with Gasteiger partial charge in [-0.25, -0.2) is 8.78 Å². The molecule has 20 heavy (non-hydrogen) atoms. The standard InChI is InChI=1S/C17H25F2N/c1-12(2)10-20-11-13-6-3-4-7-14(13)15-8-5-9-16(18)17(15)19/h5,8-9,12-14,20H,3-4,6-7,10-11H2,1-2H3. The van der Waals surface area contributed by atoms with Crippen molar-refractivity contribution in [2.24, 2.45) is 11.8 Å². The van der Waals surface area contributed by atoms with Gasteiger partial charge in [-0.1, -0.05) is 38.8 Å². The molecule has 0 spiro atoms. The lowest BCUT2D eigenvalue weighted by Gasteiger charge is -2.32. The summed E-state index contributed by atoms with van der Waals surface area (Å²) in [4.78, 5) is 0. The van der Waals surface area contributed by atoms with Crippen LogP contribution < -0.4 is 5.32 Å². The molecule has 0 bridgehead atoms. The van der Waals surface area contributed by atoms with Gasteiger partial charge in [0.15, 0.2) is 11.6 Å². The molecule has 0 radical (unpaired) electrons. The first-order valence-corrected chi connectivity index (χ1v) is 7.74. The van der Waals surface area contributed by atoms with Crippen LogP contribution in [0.15, 0.2) is 18.2 Å². The predicted octanol–water partition coefficient (Wildman–Crippen LogP) is 4.48. The minimum atomic E-state index is -0.720. The Bertz CT molecular complexity index is 431. The minimum absolute atomic E-state index is 0.152. The van der Waals surface area contributed by atoms with Crippen LogP contribution in [0.25, 0.3) is 0 Å². The summed E-state index contributed by atoms with van der Waals surface area (Å²) in [6.45, 7) is 6.24. The fourth-order valence-electron chi connectivity index (χ4n) is 3.23. The highest BCUT2D eigenvalue weighted by Gasteiger charge is 2.29. The summed E-state index contributed by atoms with van der Waals surface area (Å²) < 4.78 is 27.4. The van der Waals surface area contributed by atoms with Crippen molar-refractivity contribution < 1.29 is 8.78 Å². The molecule has 0 saturated heterocycles. The van der Waals surface area contributed by atoms with Crippen molar-refractivity contribution in [2.45, 2.75) is 45.4 Å². The quantitative estimate of drug-likeness (QED) is 0.839. The molecule has 0 aromatic heterocycles. The zero-order chi connectivity index (χ0) is 14.5. The average Bonchev–Trinajstić information content (AvgIpc) is 2.42. The number of hydrogen-bond acceptors (Lipinski definition) is 1. The molecule has 0 amide bonds. The first-order chi connectivity index (χ1) is 9.59. The van der Waals surface area contributed by atoms with Gasteiger partial charge in [0.1, 0.15) is 0 Å². The van der Waals surface area contributed by atoms with E-state index in [9.17, 15) is 8.78 Å². The highest BCUT2D eigenvalue weighted by molar-refractivity contribution is 5.24. The van der Waals surface area contributed by atoms with E-state index >= 15 is 0 Å². The Labute approximate surface area is 120 Å². The van der Waals surface area contributed by atoms with Gasteiger partial charge in [0.05, 0.1) is 0 Å². The summed E-state index contributed by atoms with van der Waals surface area (Å²) in [5.74, 6) is -0.184. The lowest BCUT2D eigenvalue weighted by molar-refractivity contribution is 0.285. The third kappa shape index (κ3) is 3.78. The largest absolute Gasteiger partial charge is 0.316 e. The second kappa shape index (κ2) is 7.16. The maximum Gasteiger partial charge on any atom is 0.162 e. The van der Waals surface area contributed by atoms with E-state index in [4.69, 9.17) is 0 Å². The zero-order valence-electron chi connectivity index (χ0n) is 12.5. The van der Waals surface area contributed by atoms with Crippen molar-refractivity contribution in [1.29, 1.82) is 0 Å². The van der Waals surface area contributed by atoms with E-state index in [1.54, 1.807) is 12.1 Å². The van der Waals surface area contributed by atoms with E-state index in [-0.39, 0.29) is 5.92 Å². The van der Waals surface area contributed by atoms with Crippen molar-refractivity contribution >= 4 is 0 Å². The molecule has 1 fully saturated rings. The van der Waals surface area contributed by atoms with Crippen molar-refractivity contribution in [2.75, 3.05) is 13.1 Å². The second-order valence-corrected chi connectivity index (χ2v) is 6.35. The van der Waals surface area contributed by atoms with E-state index in [0.29, 0.717) is 17.4 Å². The topological polar surface area (TPSA) is 12.0 Å². The predicted molar refractivity (Wildman–Crippen MR) is 78.8 cm³/mol. The number of hydrogen-bond donors (Lipinski definition) is 1. The molecular formula is C17H25F2N. The number of nitrogens with one attached hydrogen (secondary N) is 1. The normalized spacial score (nSPS) is 23.2. The van der Waals surface area contributed by atoms with E-state index in [1.165, 1.54) is 12.5 Å². The number of rotatable bonds is 5. The maximum absolute atomic E-state index is 14.0. The van der Waals surface area contributed by atoms with E-state index in [2.05, 4.69) is 19.2 Å². The summed E-state index contributed by atoms with van der Waals surface area (Å²) in [5.41, 5.74) is 0.570. The summed E-state index contributed by atoms with van der Waals surface area (Å²) in [7, 11) is 0. The van der Waals surface area contributed by atoms with Gasteiger partial charge in [0, 0.05) is 0 Å². The highest BCUT2D eigenvalue weighted by atomic mass is 19.2. The van der Waals surface area contributed by atoms with Gasteiger partial charge in [0.25, 0.3) is 0 Å². The molecule has 1 aliphatic carbocycles. The lowest BCUT2D eigenvalue weighted by Crippen LogP contribution is -2.32. The van der Waals surface area contributed by atoms with Gasteiger partial charge in [0.2, 0.25) is 0 Å². The van der Waals surface area contributed by atoms with Crippen LogP contribution in [-0.2, 0) is 0 Å². The molecule has 2 unspecified atom stereocenters. The summed E-state index contributed by atoms with van der Waals surface area (Å²) in [6, 6.07) is 4.58. The van der Waals surface area contributed by atoms with Crippen LogP contribution in [-0.4, -0.2) is 13.1 Å². The molecule has 3 heteroatoms. The molecule has 2 atom stereocenters. The monoisotopic (exact) mass is 281 g/mol. The summed E-state index contributed by atoms with van der Waals surface area (Å²) in [6.07, 6.45) is 4.38. The minimum Gasteiger partial charge on any atom is -0.316 e. The van der Waals surface area contributed by atoms with Gasteiger partial charge in [-0.3, -0.25) is 0 Å². The molecule has 0 aliphatic heterocycles. The van der Waals surface area contributed by atoms with Gasteiger partial charge < -0.3 is 5.32 Å². The first-order valence-electron chi connectivity index (χ1n) is 7.74. The maximum atomic E-state index is 14.0. The Morgan fingerprint density at radius 2 is 1.95 bits per heavy atom. The molecule has 112 valence electrons. The third-order valence-electron chi connectivity index (χ3n) is 4.25. The fraction of sp³-hybridized carbons (Fsp3) is 0.647. The zero-order valence-corrected chi connectivity index (χ0v) is 12.5. The number of halogens is 2. The molecule has 1 aromatic carbocycles. The SMILES string of the molecule is CC(C)CNCC1CCCCC1c1cccc(F)c1F. The Morgan fingerprint density at radius 3 is 2.70 bits per heavy atom. The Hall–Kier alpha value is -0.960. The van der Waals surface area contributed by atoms with Gasteiger partial charge in [-0.15, -0.1) is 0 Å². The smallest absolute Gasteiger partial charge is 0.162 e. The molecule has 0 heterocycles. The van der Waals surface area contributed by atoms with E-state index in [1.807, 2.05) is 0 Å². The molecule has 1 aromatic rings. The molecular weight excluding hydrogens is 256 g/mol. The summed E-state index contributed by atoms with van der Waals surface area (Å²) in [5, 5.41) is 3.47. The van der Waals surface area contributed by atoms with Crippen molar-refractivity contribution in [3.8, 4) is 0 Å². The van der Waals surface area contributed by atoms with Crippen LogP contribution in [0.3, 0.4) is 0 Å². The second-order valence-electron chi connectivity index (χ2n) is 6.35. The Morgan fingerprint density at radius 1 is 1.20 bits per heavy atom. The Balaban J connectivity index is 2.08. The van der Waals surface area contributed by atoms with Crippen LogP contribution in [0.5, 0.6) is 0 Å². The lowest BCUT2D eigenvalue weighted by atomic mass is 9.75. The van der Waals surface area contributed by atoms with Gasteiger partial charge in [-0.05, 0) is 55.3 Å². The van der Waals surface area contributed by atoms with E-state index in [0.717, 1.165) is 32.4 Å². The molecule has 1 saturated carbocycles. The Kier molecular flexibility index (Phi) is 5.53. The van der Waals surface area contributed by atoms with Gasteiger partial charge >= 0.3 is 0 Å². The van der Waals surface area contributed by atoms with Crippen LogP contribution in [0, 0.1) is 23.5 Å². The first kappa shape index (κ1) is 15.4. The van der Waals surface area contributed by atoms with Crippen molar-refractivity contribution in [3.05, 3.63) is 35.4 Å². The molecule has 1 nitrogen and oxygen atoms in total. The fourth-order valence-corrected chi connectivity index (χ4v) is 3.23. The van der Waals surface area contributed by atoms with Crippen molar-refractivity contribution in [3.63, 3.8) is 0 Å². The van der Waals surface area contributed by atoms with Crippen molar-refractivity contribution in [1.82, 2.24) is 5.32 Å². The highest BCUT2D eigenvalue weighted by Crippen LogP contribution is 2.38. The molecule has 1 N–H and O–H groups in total. The van der Waals surface area contributed by atoms with Gasteiger partial charge in [-0.2, -0.15) is 0 Å².